The van der Waals surface area contributed by atoms with E-state index in [2.05, 4.69) is 22.6 Å². The first-order valence-electron chi connectivity index (χ1n) is 9.23. The predicted octanol–water partition coefficient (Wildman–Crippen LogP) is 2.75. The number of nitrogens with one attached hydrogen (secondary N) is 2. The van der Waals surface area contributed by atoms with Crippen LogP contribution in [0.2, 0.25) is 0 Å². The van der Waals surface area contributed by atoms with Gasteiger partial charge in [-0.05, 0) is 85.4 Å². The van der Waals surface area contributed by atoms with Crippen LogP contribution in [0.25, 0.3) is 0 Å². The Hall–Kier alpha value is -0.810. The SMILES string of the molecule is CN1CCCC(CNC2CCCC(NC(=O)OC(C)(C)C)C2)C1. The Morgan fingerprint density at radius 1 is 1.17 bits per heavy atom. The first-order valence-corrected chi connectivity index (χ1v) is 9.23. The molecule has 0 aromatic rings. The molecule has 2 rings (SSSR count). The van der Waals surface area contributed by atoms with E-state index in [4.69, 9.17) is 4.74 Å². The number of ether oxygens (including phenoxy) is 1. The average Bonchev–Trinajstić information content (AvgIpc) is 2.43. The van der Waals surface area contributed by atoms with Crippen LogP contribution < -0.4 is 10.6 Å². The molecule has 3 atom stereocenters. The van der Waals surface area contributed by atoms with Gasteiger partial charge >= 0.3 is 6.09 Å². The van der Waals surface area contributed by atoms with Gasteiger partial charge in [-0.25, -0.2) is 4.79 Å². The van der Waals surface area contributed by atoms with Gasteiger partial charge in [0.05, 0.1) is 0 Å². The van der Waals surface area contributed by atoms with Crippen LogP contribution in [0.5, 0.6) is 0 Å². The van der Waals surface area contributed by atoms with Crippen LogP contribution in [0.1, 0.15) is 59.3 Å². The van der Waals surface area contributed by atoms with Gasteiger partial charge in [-0.1, -0.05) is 0 Å². The van der Waals surface area contributed by atoms with Crippen LogP contribution in [-0.2, 0) is 4.74 Å². The van der Waals surface area contributed by atoms with Gasteiger partial charge in [-0.15, -0.1) is 0 Å². The van der Waals surface area contributed by atoms with E-state index in [1.807, 2.05) is 20.8 Å². The number of rotatable bonds is 4. The minimum absolute atomic E-state index is 0.241. The van der Waals surface area contributed by atoms with Crippen molar-refractivity contribution in [1.82, 2.24) is 15.5 Å². The monoisotopic (exact) mass is 325 g/mol. The van der Waals surface area contributed by atoms with Crippen LogP contribution in [0.3, 0.4) is 0 Å². The molecule has 3 unspecified atom stereocenters. The molecular formula is C18H35N3O2. The fourth-order valence-electron chi connectivity index (χ4n) is 3.75. The second-order valence-electron chi connectivity index (χ2n) is 8.39. The molecule has 0 spiro atoms. The van der Waals surface area contributed by atoms with Gasteiger partial charge < -0.3 is 20.3 Å². The van der Waals surface area contributed by atoms with E-state index in [9.17, 15) is 4.79 Å². The second kappa shape index (κ2) is 8.34. The Bertz CT molecular complexity index is 381. The van der Waals surface area contributed by atoms with E-state index >= 15 is 0 Å². The number of nitrogens with zero attached hydrogens (tertiary/aromatic N) is 1. The van der Waals surface area contributed by atoms with Crippen molar-refractivity contribution in [2.24, 2.45) is 5.92 Å². The Kier molecular flexibility index (Phi) is 6.72. The average molecular weight is 325 g/mol. The van der Waals surface area contributed by atoms with Crippen molar-refractivity contribution in [1.29, 1.82) is 0 Å². The first-order chi connectivity index (χ1) is 10.8. The number of alkyl carbamates (subject to hydrolysis) is 1. The fraction of sp³-hybridized carbons (Fsp3) is 0.944. The molecule has 0 aromatic heterocycles. The maximum Gasteiger partial charge on any atom is 0.407 e. The number of carbonyl (C=O) groups excluding carboxylic acids is 1. The lowest BCUT2D eigenvalue weighted by Crippen LogP contribution is -2.47. The summed E-state index contributed by atoms with van der Waals surface area (Å²) in [6, 6.07) is 0.765. The van der Waals surface area contributed by atoms with Crippen molar-refractivity contribution in [2.45, 2.75) is 77.0 Å². The van der Waals surface area contributed by atoms with Crippen LogP contribution in [0.15, 0.2) is 0 Å². The van der Waals surface area contributed by atoms with Crippen molar-refractivity contribution in [3.63, 3.8) is 0 Å². The third kappa shape index (κ3) is 7.08. The first kappa shape index (κ1) is 18.5. The summed E-state index contributed by atoms with van der Waals surface area (Å²) in [6.07, 6.45) is 6.83. The zero-order valence-corrected chi connectivity index (χ0v) is 15.4. The summed E-state index contributed by atoms with van der Waals surface area (Å²) in [6.45, 7) is 9.26. The molecule has 1 saturated heterocycles. The molecule has 1 heterocycles. The number of piperidine rings is 1. The Labute approximate surface area is 141 Å². The summed E-state index contributed by atoms with van der Waals surface area (Å²) in [5.41, 5.74) is -0.427. The van der Waals surface area contributed by atoms with Crippen molar-refractivity contribution in [3.8, 4) is 0 Å². The molecule has 1 aliphatic carbocycles. The van der Waals surface area contributed by atoms with E-state index < -0.39 is 5.60 Å². The van der Waals surface area contributed by atoms with E-state index in [0.29, 0.717) is 6.04 Å². The summed E-state index contributed by atoms with van der Waals surface area (Å²) in [5, 5.41) is 6.79. The van der Waals surface area contributed by atoms with Gasteiger partial charge in [-0.3, -0.25) is 0 Å². The topological polar surface area (TPSA) is 53.6 Å². The summed E-state index contributed by atoms with van der Waals surface area (Å²) < 4.78 is 5.37. The molecule has 5 heteroatoms. The van der Waals surface area contributed by atoms with Crippen molar-refractivity contribution in [2.75, 3.05) is 26.7 Å². The molecule has 1 saturated carbocycles. The van der Waals surface area contributed by atoms with E-state index in [-0.39, 0.29) is 12.1 Å². The molecule has 0 radical (unpaired) electrons. The van der Waals surface area contributed by atoms with E-state index in [0.717, 1.165) is 25.3 Å². The number of hydrogen-bond donors (Lipinski definition) is 2. The molecule has 0 bridgehead atoms. The molecule has 5 nitrogen and oxygen atoms in total. The fourth-order valence-corrected chi connectivity index (χ4v) is 3.75. The molecule has 23 heavy (non-hydrogen) atoms. The predicted molar refractivity (Wildman–Crippen MR) is 93.6 cm³/mol. The van der Waals surface area contributed by atoms with Crippen LogP contribution >= 0.6 is 0 Å². The lowest BCUT2D eigenvalue weighted by atomic mass is 9.90. The molecular weight excluding hydrogens is 290 g/mol. The molecule has 1 amide bonds. The molecule has 2 N–H and O–H groups in total. The van der Waals surface area contributed by atoms with Crippen molar-refractivity contribution < 1.29 is 9.53 Å². The molecule has 1 aliphatic heterocycles. The quantitative estimate of drug-likeness (QED) is 0.834. The molecule has 2 fully saturated rings. The number of carbonyl (C=O) groups is 1. The summed E-state index contributed by atoms with van der Waals surface area (Å²) in [5.74, 6) is 0.771. The Morgan fingerprint density at radius 3 is 2.61 bits per heavy atom. The summed E-state index contributed by atoms with van der Waals surface area (Å²) in [4.78, 5) is 14.3. The second-order valence-corrected chi connectivity index (χ2v) is 8.39. The number of amides is 1. The smallest absolute Gasteiger partial charge is 0.407 e. The zero-order valence-electron chi connectivity index (χ0n) is 15.4. The van der Waals surface area contributed by atoms with E-state index in [1.165, 1.54) is 38.8 Å². The molecule has 2 aliphatic rings. The van der Waals surface area contributed by atoms with Crippen molar-refractivity contribution in [3.05, 3.63) is 0 Å². The van der Waals surface area contributed by atoms with E-state index in [1.54, 1.807) is 0 Å². The van der Waals surface area contributed by atoms with Crippen LogP contribution in [0.4, 0.5) is 4.79 Å². The normalized spacial score (nSPS) is 30.0. The lowest BCUT2D eigenvalue weighted by Gasteiger charge is -2.34. The van der Waals surface area contributed by atoms with Crippen LogP contribution in [0, 0.1) is 5.92 Å². The standard InChI is InChI=1S/C18H35N3O2/c1-18(2,3)23-17(22)20-16-9-5-8-15(11-16)19-12-14-7-6-10-21(4)13-14/h14-16,19H,5-13H2,1-4H3,(H,20,22). The van der Waals surface area contributed by atoms with Crippen molar-refractivity contribution >= 4 is 6.09 Å². The highest BCUT2D eigenvalue weighted by Crippen LogP contribution is 2.21. The van der Waals surface area contributed by atoms with Gasteiger partial charge in [0, 0.05) is 18.6 Å². The van der Waals surface area contributed by atoms with Gasteiger partial charge in [0.15, 0.2) is 0 Å². The van der Waals surface area contributed by atoms with Gasteiger partial charge in [-0.2, -0.15) is 0 Å². The summed E-state index contributed by atoms with van der Waals surface area (Å²) in [7, 11) is 2.22. The Balaban J connectivity index is 1.69. The number of hydrogen-bond acceptors (Lipinski definition) is 4. The third-order valence-electron chi connectivity index (χ3n) is 4.81. The zero-order chi connectivity index (χ0) is 16.9. The maximum absolute atomic E-state index is 11.9. The highest BCUT2D eigenvalue weighted by Gasteiger charge is 2.26. The summed E-state index contributed by atoms with van der Waals surface area (Å²) >= 11 is 0. The van der Waals surface area contributed by atoms with Crippen LogP contribution in [-0.4, -0.2) is 55.4 Å². The third-order valence-corrected chi connectivity index (χ3v) is 4.81. The largest absolute Gasteiger partial charge is 0.444 e. The van der Waals surface area contributed by atoms with Gasteiger partial charge in [0.2, 0.25) is 0 Å². The Morgan fingerprint density at radius 2 is 1.91 bits per heavy atom. The van der Waals surface area contributed by atoms with Gasteiger partial charge in [0.1, 0.15) is 5.60 Å². The highest BCUT2D eigenvalue weighted by atomic mass is 16.6. The minimum Gasteiger partial charge on any atom is -0.444 e. The lowest BCUT2D eigenvalue weighted by molar-refractivity contribution is 0.0488. The molecule has 134 valence electrons. The minimum atomic E-state index is -0.427. The molecule has 0 aromatic carbocycles. The van der Waals surface area contributed by atoms with Gasteiger partial charge in [0.25, 0.3) is 0 Å². The maximum atomic E-state index is 11.9. The number of likely N-dealkylation sites (tertiary alicyclic amines) is 1. The highest BCUT2D eigenvalue weighted by molar-refractivity contribution is 5.68.